The van der Waals surface area contributed by atoms with E-state index in [9.17, 15) is 14.0 Å². The number of thioether (sulfide) groups is 1. The van der Waals surface area contributed by atoms with Crippen LogP contribution in [-0.2, 0) is 16.1 Å². The third-order valence-electron chi connectivity index (χ3n) is 3.24. The second kappa shape index (κ2) is 9.68. The summed E-state index contributed by atoms with van der Waals surface area (Å²) < 4.78 is 17.8. The number of methoxy groups -OCH3 is 1. The lowest BCUT2D eigenvalue weighted by atomic mass is 10.2. The van der Waals surface area contributed by atoms with Crippen LogP contribution >= 0.6 is 11.8 Å². The van der Waals surface area contributed by atoms with Gasteiger partial charge in [-0.05, 0) is 42.0 Å². The highest BCUT2D eigenvalue weighted by Gasteiger charge is 2.06. The van der Waals surface area contributed by atoms with Crippen LogP contribution in [0.1, 0.15) is 5.56 Å². The van der Waals surface area contributed by atoms with Crippen molar-refractivity contribution in [2.45, 2.75) is 6.54 Å². The highest BCUT2D eigenvalue weighted by Crippen LogP contribution is 2.15. The van der Waals surface area contributed by atoms with Crippen LogP contribution in [0, 0.1) is 5.82 Å². The maximum absolute atomic E-state index is 12.8. The fraction of sp³-hybridized carbons (Fsp3) is 0.222. The topological polar surface area (TPSA) is 67.4 Å². The summed E-state index contributed by atoms with van der Waals surface area (Å²) in [6.07, 6.45) is 0. The molecule has 0 saturated carbocycles. The minimum Gasteiger partial charge on any atom is -0.497 e. The standard InChI is InChI=1S/C18H19FN2O3S/c1-24-16-8-6-15(7-9-16)21-18(23)12-25-11-17(22)20-10-13-2-4-14(19)5-3-13/h2-9H,10-12H2,1H3,(H,20,22)(H,21,23). The monoisotopic (exact) mass is 362 g/mol. The molecular weight excluding hydrogens is 343 g/mol. The van der Waals surface area contributed by atoms with Gasteiger partial charge < -0.3 is 15.4 Å². The number of carbonyl (C=O) groups excluding carboxylic acids is 2. The Labute approximate surface area is 150 Å². The summed E-state index contributed by atoms with van der Waals surface area (Å²) in [6, 6.07) is 12.9. The summed E-state index contributed by atoms with van der Waals surface area (Å²) in [7, 11) is 1.57. The first-order chi connectivity index (χ1) is 12.1. The Morgan fingerprint density at radius 1 is 1.00 bits per heavy atom. The molecule has 0 atom stereocenters. The van der Waals surface area contributed by atoms with E-state index in [0.29, 0.717) is 18.0 Å². The molecule has 0 aliphatic carbocycles. The molecule has 0 saturated heterocycles. The van der Waals surface area contributed by atoms with Gasteiger partial charge in [-0.2, -0.15) is 0 Å². The zero-order valence-corrected chi connectivity index (χ0v) is 14.6. The van der Waals surface area contributed by atoms with Crippen LogP contribution in [0.2, 0.25) is 0 Å². The molecule has 2 N–H and O–H groups in total. The fourth-order valence-corrected chi connectivity index (χ4v) is 2.61. The molecule has 0 aliphatic rings. The summed E-state index contributed by atoms with van der Waals surface area (Å²) in [4.78, 5) is 23.6. The Balaban J connectivity index is 1.64. The molecule has 0 bridgehead atoms. The highest BCUT2D eigenvalue weighted by atomic mass is 32.2. The molecule has 0 aromatic heterocycles. The van der Waals surface area contributed by atoms with E-state index in [1.165, 1.54) is 23.9 Å². The predicted molar refractivity (Wildman–Crippen MR) is 97.2 cm³/mol. The lowest BCUT2D eigenvalue weighted by Crippen LogP contribution is -2.25. The second-order valence-electron chi connectivity index (χ2n) is 5.17. The Bertz CT molecular complexity index is 705. The number of anilines is 1. The van der Waals surface area contributed by atoms with Gasteiger partial charge in [0.25, 0.3) is 0 Å². The van der Waals surface area contributed by atoms with Crippen molar-refractivity contribution in [3.63, 3.8) is 0 Å². The van der Waals surface area contributed by atoms with Crippen LogP contribution in [0.25, 0.3) is 0 Å². The molecule has 0 fully saturated rings. The first kappa shape index (κ1) is 18.8. The van der Waals surface area contributed by atoms with Gasteiger partial charge >= 0.3 is 0 Å². The van der Waals surface area contributed by atoms with Crippen LogP contribution in [0.4, 0.5) is 10.1 Å². The second-order valence-corrected chi connectivity index (χ2v) is 6.16. The third kappa shape index (κ3) is 6.84. The summed E-state index contributed by atoms with van der Waals surface area (Å²) in [5.74, 6) is 0.402. The SMILES string of the molecule is COc1ccc(NC(=O)CSCC(=O)NCc2ccc(F)cc2)cc1. The largest absolute Gasteiger partial charge is 0.497 e. The molecule has 5 nitrogen and oxygen atoms in total. The van der Waals surface area contributed by atoms with Gasteiger partial charge in [0, 0.05) is 12.2 Å². The van der Waals surface area contributed by atoms with Crippen molar-refractivity contribution in [1.29, 1.82) is 0 Å². The van der Waals surface area contributed by atoms with Crippen molar-refractivity contribution in [2.24, 2.45) is 0 Å². The third-order valence-corrected chi connectivity index (χ3v) is 4.18. The van der Waals surface area contributed by atoms with Crippen LogP contribution in [0.3, 0.4) is 0 Å². The molecule has 0 spiro atoms. The lowest BCUT2D eigenvalue weighted by Gasteiger charge is -2.07. The molecule has 7 heteroatoms. The number of hydrogen-bond donors (Lipinski definition) is 2. The summed E-state index contributed by atoms with van der Waals surface area (Å²) in [5.41, 5.74) is 1.49. The average molecular weight is 362 g/mol. The number of rotatable bonds is 8. The highest BCUT2D eigenvalue weighted by molar-refractivity contribution is 8.00. The Hall–Kier alpha value is -2.54. The van der Waals surface area contributed by atoms with E-state index in [2.05, 4.69) is 10.6 Å². The van der Waals surface area contributed by atoms with Gasteiger partial charge in [-0.3, -0.25) is 9.59 Å². The fourth-order valence-electron chi connectivity index (χ4n) is 1.96. The smallest absolute Gasteiger partial charge is 0.234 e. The minimum atomic E-state index is -0.312. The van der Waals surface area contributed by atoms with Gasteiger partial charge in [0.15, 0.2) is 0 Å². The van der Waals surface area contributed by atoms with E-state index in [4.69, 9.17) is 4.74 Å². The Morgan fingerprint density at radius 3 is 2.28 bits per heavy atom. The molecule has 2 rings (SSSR count). The summed E-state index contributed by atoms with van der Waals surface area (Å²) in [6.45, 7) is 0.331. The van der Waals surface area contributed by atoms with Crippen LogP contribution in [0.15, 0.2) is 48.5 Å². The Morgan fingerprint density at radius 2 is 1.64 bits per heavy atom. The van der Waals surface area contributed by atoms with Crippen LogP contribution in [-0.4, -0.2) is 30.4 Å². The lowest BCUT2D eigenvalue weighted by molar-refractivity contribution is -0.118. The summed E-state index contributed by atoms with van der Waals surface area (Å²) >= 11 is 1.23. The van der Waals surface area contributed by atoms with Gasteiger partial charge in [0.2, 0.25) is 11.8 Å². The number of benzene rings is 2. The number of ether oxygens (including phenoxy) is 1. The van der Waals surface area contributed by atoms with Crippen molar-refractivity contribution in [2.75, 3.05) is 23.9 Å². The maximum atomic E-state index is 12.8. The maximum Gasteiger partial charge on any atom is 0.234 e. The molecule has 0 aliphatic heterocycles. The average Bonchev–Trinajstić information content (AvgIpc) is 2.62. The first-order valence-electron chi connectivity index (χ1n) is 7.59. The van der Waals surface area contributed by atoms with E-state index in [1.54, 1.807) is 43.5 Å². The molecule has 132 valence electrons. The number of carbonyl (C=O) groups is 2. The normalized spacial score (nSPS) is 10.2. The van der Waals surface area contributed by atoms with Gasteiger partial charge in [-0.1, -0.05) is 12.1 Å². The molecule has 0 heterocycles. The van der Waals surface area contributed by atoms with E-state index in [1.807, 2.05) is 0 Å². The zero-order chi connectivity index (χ0) is 18.1. The number of halogens is 1. The van der Waals surface area contributed by atoms with Crippen molar-refractivity contribution >= 4 is 29.3 Å². The van der Waals surface area contributed by atoms with E-state index in [-0.39, 0.29) is 29.1 Å². The minimum absolute atomic E-state index is 0.174. The number of nitrogens with one attached hydrogen (secondary N) is 2. The first-order valence-corrected chi connectivity index (χ1v) is 8.75. The van der Waals surface area contributed by atoms with Gasteiger partial charge in [-0.25, -0.2) is 4.39 Å². The van der Waals surface area contributed by atoms with E-state index >= 15 is 0 Å². The van der Waals surface area contributed by atoms with Gasteiger partial charge in [0.05, 0.1) is 18.6 Å². The zero-order valence-electron chi connectivity index (χ0n) is 13.8. The molecule has 25 heavy (non-hydrogen) atoms. The molecule has 2 aromatic carbocycles. The summed E-state index contributed by atoms with van der Waals surface area (Å²) in [5, 5.41) is 5.47. The number of amides is 2. The van der Waals surface area contributed by atoms with E-state index in [0.717, 1.165) is 5.56 Å². The van der Waals surface area contributed by atoms with Gasteiger partial charge in [0.1, 0.15) is 11.6 Å². The molecule has 2 aromatic rings. The molecule has 2 amide bonds. The van der Waals surface area contributed by atoms with Crippen molar-refractivity contribution in [1.82, 2.24) is 5.32 Å². The molecule has 0 unspecified atom stereocenters. The quantitative estimate of drug-likeness (QED) is 0.758. The van der Waals surface area contributed by atoms with Crippen molar-refractivity contribution < 1.29 is 18.7 Å². The predicted octanol–water partition coefficient (Wildman–Crippen LogP) is 2.82. The van der Waals surface area contributed by atoms with Crippen LogP contribution < -0.4 is 15.4 Å². The van der Waals surface area contributed by atoms with Crippen molar-refractivity contribution in [3.8, 4) is 5.75 Å². The van der Waals surface area contributed by atoms with Gasteiger partial charge in [-0.15, -0.1) is 11.8 Å². The molecule has 0 radical (unpaired) electrons. The Kier molecular flexibility index (Phi) is 7.28. The molecular formula is C18H19FN2O3S. The number of hydrogen-bond acceptors (Lipinski definition) is 4. The van der Waals surface area contributed by atoms with E-state index < -0.39 is 0 Å². The van der Waals surface area contributed by atoms with Crippen LogP contribution in [0.5, 0.6) is 5.75 Å². The van der Waals surface area contributed by atoms with Crippen molar-refractivity contribution in [3.05, 3.63) is 59.9 Å².